The van der Waals surface area contributed by atoms with E-state index in [0.29, 0.717) is 16.2 Å². The summed E-state index contributed by atoms with van der Waals surface area (Å²) in [6.07, 6.45) is 25.6. The Morgan fingerprint density at radius 2 is 0.483 bits per heavy atom. The van der Waals surface area contributed by atoms with Crippen molar-refractivity contribution in [2.24, 2.45) is 53.3 Å². The standard InChI is InChI=1S/C46H39NO.C46H39NS.C46H41N/c2*1-2-8-34(9-3-1)35-16-18-36(19-17-35)37-20-22-39(23-21-37)47(43-14-7-13-42-41-12-4-5-15-44(41)48-45(42)43)40-11-6-10-38(27-40)46-28-31-24-32(29-46)26-33(25-31)30-46;1-4-11-37(12-5-1)44-24-21-39(28-45(44)38-13-6-2-7-14-38)36-19-22-42(23-20-36)47(41-16-8-3-9-17-41)43-18-10-15-40(29-43)46-30-33-25-34(31-46)27-35(26-33)32-46/h2*1-23,27,31-33H,24-26,28-30H2;1-24,28-29,33-35H,25-27,30-32H2. The summed E-state index contributed by atoms with van der Waals surface area (Å²) in [5.41, 5.74) is 35.7. The molecule has 2 heterocycles. The van der Waals surface area contributed by atoms with Crippen molar-refractivity contribution in [2.75, 3.05) is 14.7 Å². The third-order valence-corrected chi connectivity index (χ3v) is 36.3. The van der Waals surface area contributed by atoms with Gasteiger partial charge in [0.05, 0.1) is 16.1 Å². The van der Waals surface area contributed by atoms with Crippen molar-refractivity contribution < 1.29 is 4.42 Å². The highest BCUT2D eigenvalue weighted by Gasteiger charge is 2.55. The third-order valence-electron chi connectivity index (χ3n) is 35.1. The molecule has 0 saturated heterocycles. The summed E-state index contributed by atoms with van der Waals surface area (Å²) in [5.74, 6) is 8.33. The molecule has 32 rings (SSSR count). The normalized spacial score (nSPS) is 22.8. The number of benzene rings is 18. The highest BCUT2D eigenvalue weighted by Crippen LogP contribution is 2.65. The molecule has 12 aliphatic rings. The minimum atomic E-state index is 0.331. The molecule has 0 amide bonds. The predicted molar refractivity (Wildman–Crippen MR) is 601 cm³/mol. The van der Waals surface area contributed by atoms with Gasteiger partial charge in [-0.25, -0.2) is 0 Å². The second-order valence-corrected chi connectivity index (χ2v) is 45.2. The van der Waals surface area contributed by atoms with E-state index in [0.717, 1.165) is 86.6 Å². The maximum Gasteiger partial charge on any atom is 0.159 e. The summed E-state index contributed by atoms with van der Waals surface area (Å²) >= 11 is 1.92. The molecule has 12 bridgehead atoms. The van der Waals surface area contributed by atoms with Gasteiger partial charge in [0.15, 0.2) is 5.58 Å². The van der Waals surface area contributed by atoms with Gasteiger partial charge >= 0.3 is 0 Å². The molecule has 0 spiro atoms. The number of anilines is 9. The van der Waals surface area contributed by atoms with Crippen LogP contribution < -0.4 is 14.7 Å². The van der Waals surface area contributed by atoms with Crippen molar-refractivity contribution in [1.82, 2.24) is 0 Å². The van der Waals surface area contributed by atoms with Crippen molar-refractivity contribution in [3.63, 3.8) is 0 Å². The zero-order valence-electron chi connectivity index (χ0n) is 81.3. The minimum Gasteiger partial charge on any atom is -0.454 e. The van der Waals surface area contributed by atoms with Gasteiger partial charge in [0.25, 0.3) is 0 Å². The number of hydrogen-bond donors (Lipinski definition) is 0. The lowest BCUT2D eigenvalue weighted by Crippen LogP contribution is -2.48. The van der Waals surface area contributed by atoms with Gasteiger partial charge in [0.1, 0.15) is 5.58 Å². The summed E-state index contributed by atoms with van der Waals surface area (Å²) in [7, 11) is 0. The molecule has 18 aromatic carbocycles. The van der Waals surface area contributed by atoms with Crippen LogP contribution in [0, 0.1) is 53.3 Å². The van der Waals surface area contributed by atoms with Gasteiger partial charge in [0, 0.05) is 66.1 Å². The summed E-state index contributed by atoms with van der Waals surface area (Å²) < 4.78 is 9.33. The van der Waals surface area contributed by atoms with Crippen molar-refractivity contribution in [3.8, 4) is 77.9 Å². The zero-order chi connectivity index (χ0) is 94.5. The van der Waals surface area contributed by atoms with Crippen molar-refractivity contribution in [3.05, 3.63) is 466 Å². The number of rotatable bonds is 19. The van der Waals surface area contributed by atoms with Gasteiger partial charge in [-0.05, 0) is 395 Å². The molecule has 143 heavy (non-hydrogen) atoms. The molecule has 20 aromatic rings. The van der Waals surface area contributed by atoms with Crippen LogP contribution in [-0.4, -0.2) is 0 Å². The molecular weight excluding hydrogens is 1750 g/mol. The number of fused-ring (bicyclic) bond motifs is 6. The third kappa shape index (κ3) is 16.6. The van der Waals surface area contributed by atoms with Crippen molar-refractivity contribution in [1.29, 1.82) is 0 Å². The van der Waals surface area contributed by atoms with E-state index in [1.54, 1.807) is 11.1 Å². The second-order valence-electron chi connectivity index (χ2n) is 44.1. The highest BCUT2D eigenvalue weighted by atomic mass is 32.1. The first-order valence-corrected chi connectivity index (χ1v) is 53.9. The molecule has 12 aliphatic carbocycles. The number of furan rings is 1. The fourth-order valence-corrected chi connectivity index (χ4v) is 31.0. The van der Waals surface area contributed by atoms with Crippen LogP contribution in [-0.2, 0) is 16.2 Å². The number of thiophene rings is 1. The van der Waals surface area contributed by atoms with Gasteiger partial charge in [-0.3, -0.25) is 0 Å². The van der Waals surface area contributed by atoms with E-state index < -0.39 is 0 Å². The number of nitrogens with zero attached hydrogens (tertiary/aromatic N) is 3. The maximum atomic E-state index is 6.64. The Morgan fingerprint density at radius 3 is 0.909 bits per heavy atom. The van der Waals surface area contributed by atoms with Gasteiger partial charge in [-0.2, -0.15) is 0 Å². The Morgan fingerprint density at radius 1 is 0.196 bits per heavy atom. The number of hydrogen-bond acceptors (Lipinski definition) is 5. The Bertz CT molecular complexity index is 7590. The first kappa shape index (κ1) is 87.4. The molecule has 5 heteroatoms. The van der Waals surface area contributed by atoms with E-state index >= 15 is 0 Å². The molecular formula is C138H119N3OS. The smallest absolute Gasteiger partial charge is 0.159 e. The van der Waals surface area contributed by atoms with E-state index in [1.807, 2.05) is 11.3 Å². The highest BCUT2D eigenvalue weighted by molar-refractivity contribution is 7.26. The lowest BCUT2D eigenvalue weighted by atomic mass is 9.48. The van der Waals surface area contributed by atoms with Gasteiger partial charge < -0.3 is 19.1 Å². The summed E-state index contributed by atoms with van der Waals surface area (Å²) in [6, 6.07) is 165. The quantitative estimate of drug-likeness (QED) is 0.0805. The van der Waals surface area contributed by atoms with Crippen LogP contribution in [0.25, 0.3) is 120 Å². The summed E-state index contributed by atoms with van der Waals surface area (Å²) in [6.45, 7) is 0. The molecule has 2 aromatic heterocycles. The Hall–Kier alpha value is -14.6. The molecule has 0 unspecified atom stereocenters. The van der Waals surface area contributed by atoms with Gasteiger partial charge in [0.2, 0.25) is 0 Å². The van der Waals surface area contributed by atoms with Crippen molar-refractivity contribution in [2.45, 2.75) is 132 Å². The van der Waals surface area contributed by atoms with Crippen LogP contribution >= 0.6 is 11.3 Å². The fourth-order valence-electron chi connectivity index (χ4n) is 29.8. The average molecular weight is 1870 g/mol. The van der Waals surface area contributed by atoms with E-state index in [-0.39, 0.29) is 0 Å². The summed E-state index contributed by atoms with van der Waals surface area (Å²) in [4.78, 5) is 7.41. The van der Waals surface area contributed by atoms with Gasteiger partial charge in [-0.15, -0.1) is 11.3 Å². The van der Waals surface area contributed by atoms with E-state index in [4.69, 9.17) is 4.42 Å². The molecule has 0 radical (unpaired) electrons. The maximum absolute atomic E-state index is 6.64. The second kappa shape index (κ2) is 36.7. The molecule has 0 N–H and O–H groups in total. The molecule has 12 fully saturated rings. The molecule has 4 nitrogen and oxygen atoms in total. The molecule has 12 saturated carbocycles. The van der Waals surface area contributed by atoms with Crippen LogP contribution in [0.15, 0.2) is 453 Å². The van der Waals surface area contributed by atoms with Crippen LogP contribution in [0.4, 0.5) is 51.2 Å². The van der Waals surface area contributed by atoms with Crippen LogP contribution in [0.2, 0.25) is 0 Å². The Balaban J connectivity index is 0.000000107. The van der Waals surface area contributed by atoms with Crippen LogP contribution in [0.3, 0.4) is 0 Å². The topological polar surface area (TPSA) is 22.9 Å². The van der Waals surface area contributed by atoms with E-state index in [2.05, 4.69) is 464 Å². The van der Waals surface area contributed by atoms with Crippen molar-refractivity contribution >= 4 is 105 Å². The zero-order valence-corrected chi connectivity index (χ0v) is 82.1. The largest absolute Gasteiger partial charge is 0.454 e. The SMILES string of the molecule is c1ccc(-c2ccc(-c3ccc(N(c4cccc(C56CC7CC(CC(C7)C5)C6)c4)c4cccc5c4oc4ccccc45)cc3)cc2)cc1.c1ccc(-c2ccc(-c3ccc(N(c4cccc(C56CC7CC(CC(C7)C5)C6)c4)c4cccc5c4sc4ccccc45)cc3)cc2)cc1.c1ccc(-c2ccc(-c3ccc(N(c4ccccc4)c4cccc(C56CC7CC(CC(C7)C5)C6)c4)cc3)cc2-c2ccccc2)cc1. The average Bonchev–Trinajstić information content (AvgIpc) is 1.14. The monoisotopic (exact) mass is 1870 g/mol. The first-order valence-electron chi connectivity index (χ1n) is 53.0. The molecule has 0 aliphatic heterocycles. The minimum absolute atomic E-state index is 0.331. The fraction of sp³-hybridized carbons (Fsp3) is 0.217. The van der Waals surface area contributed by atoms with Gasteiger partial charge in [-0.1, -0.05) is 334 Å². The van der Waals surface area contributed by atoms with E-state index in [1.165, 1.54) is 259 Å². The molecule has 698 valence electrons. The lowest BCUT2D eigenvalue weighted by Gasteiger charge is -2.57. The number of para-hydroxylation sites is 3. The van der Waals surface area contributed by atoms with Crippen LogP contribution in [0.1, 0.15) is 132 Å². The Labute approximate surface area is 846 Å². The lowest BCUT2D eigenvalue weighted by molar-refractivity contribution is -0.00528. The predicted octanol–water partition coefficient (Wildman–Crippen LogP) is 38.8. The molecule has 0 atom stereocenters. The van der Waals surface area contributed by atoms with E-state index in [9.17, 15) is 0 Å². The summed E-state index contributed by atoms with van der Waals surface area (Å²) in [5, 5.41) is 4.99. The Kier molecular flexibility index (Phi) is 22.4. The van der Waals surface area contributed by atoms with Crippen LogP contribution in [0.5, 0.6) is 0 Å². The first-order chi connectivity index (χ1) is 70.6.